The van der Waals surface area contributed by atoms with Crippen LogP contribution in [0, 0.1) is 6.39 Å². The molecule has 1 radical (unpaired) electrons. The van der Waals surface area contributed by atoms with Crippen molar-refractivity contribution in [2.24, 2.45) is 0 Å². The molecule has 0 saturated heterocycles. The molecule has 3 heteroatoms. The van der Waals surface area contributed by atoms with E-state index in [0.29, 0.717) is 0 Å². The van der Waals surface area contributed by atoms with Gasteiger partial charge in [0, 0.05) is 10.9 Å². The molecule has 2 aromatic heterocycles. The van der Waals surface area contributed by atoms with Gasteiger partial charge in [0.2, 0.25) is 0 Å². The third kappa shape index (κ3) is 1.03. The summed E-state index contributed by atoms with van der Waals surface area (Å²) in [5.41, 5.74) is 2.84. The maximum atomic E-state index is 4.81. The lowest BCUT2D eigenvalue weighted by atomic mass is 10.2. The Kier molecular flexibility index (Phi) is 1.44. The van der Waals surface area contributed by atoms with Crippen molar-refractivity contribution in [2.45, 2.75) is 0 Å². The van der Waals surface area contributed by atoms with Gasteiger partial charge in [0.1, 0.15) is 12.0 Å². The highest BCUT2D eigenvalue weighted by Gasteiger charge is 2.04. The third-order valence-electron chi connectivity index (χ3n) is 2.20. The maximum absolute atomic E-state index is 4.81. The molecule has 0 spiro atoms. The number of H-pyrrole nitrogens is 1. The van der Waals surface area contributed by atoms with E-state index in [1.807, 2.05) is 24.3 Å². The third-order valence-corrected chi connectivity index (χ3v) is 2.20. The molecule has 3 nitrogen and oxygen atoms in total. The van der Waals surface area contributed by atoms with Crippen molar-refractivity contribution in [2.75, 3.05) is 0 Å². The number of hydrogen-bond acceptors (Lipinski definition) is 2. The Morgan fingerprint density at radius 2 is 2.21 bits per heavy atom. The first-order valence-corrected chi connectivity index (χ1v) is 4.33. The fourth-order valence-corrected chi connectivity index (χ4v) is 1.52. The van der Waals surface area contributed by atoms with Crippen LogP contribution in [0.3, 0.4) is 0 Å². The molecule has 14 heavy (non-hydrogen) atoms. The summed E-state index contributed by atoms with van der Waals surface area (Å²) in [6.45, 7) is 0. The Morgan fingerprint density at radius 1 is 1.29 bits per heavy atom. The fraction of sp³-hybridized carbons (Fsp3) is 0. The topological polar surface area (TPSA) is 41.8 Å². The van der Waals surface area contributed by atoms with E-state index in [-0.39, 0.29) is 0 Å². The second-order valence-electron chi connectivity index (χ2n) is 3.09. The second kappa shape index (κ2) is 2.73. The minimum Gasteiger partial charge on any atom is -0.440 e. The van der Waals surface area contributed by atoms with Gasteiger partial charge < -0.3 is 9.40 Å². The summed E-state index contributed by atoms with van der Waals surface area (Å²) in [7, 11) is 0. The van der Waals surface area contributed by atoms with Crippen LogP contribution in [0.5, 0.6) is 0 Å². The molecule has 0 fully saturated rings. The first-order valence-electron chi connectivity index (χ1n) is 4.33. The van der Waals surface area contributed by atoms with Gasteiger partial charge in [-0.15, -0.1) is 0 Å². The van der Waals surface area contributed by atoms with Crippen molar-refractivity contribution in [3.8, 4) is 11.4 Å². The van der Waals surface area contributed by atoms with Crippen LogP contribution in [0.2, 0.25) is 0 Å². The quantitative estimate of drug-likeness (QED) is 0.630. The summed E-state index contributed by atoms with van der Waals surface area (Å²) in [6, 6.07) is 10.1. The SMILES string of the molecule is [c]1nc(-c2cc3ccccc3[nH]2)co1. The van der Waals surface area contributed by atoms with Crippen molar-refractivity contribution >= 4 is 10.9 Å². The van der Waals surface area contributed by atoms with Gasteiger partial charge in [-0.2, -0.15) is 0 Å². The van der Waals surface area contributed by atoms with Crippen LogP contribution < -0.4 is 0 Å². The molecule has 3 aromatic rings. The summed E-state index contributed by atoms with van der Waals surface area (Å²) >= 11 is 0. The molecule has 0 amide bonds. The van der Waals surface area contributed by atoms with E-state index in [2.05, 4.69) is 22.4 Å². The van der Waals surface area contributed by atoms with Gasteiger partial charge in [-0.25, -0.2) is 4.98 Å². The summed E-state index contributed by atoms with van der Waals surface area (Å²) in [5, 5.41) is 1.17. The van der Waals surface area contributed by atoms with Crippen LogP contribution >= 0.6 is 0 Å². The Morgan fingerprint density at radius 3 is 3.00 bits per heavy atom. The van der Waals surface area contributed by atoms with Gasteiger partial charge in [-0.1, -0.05) is 18.2 Å². The van der Waals surface area contributed by atoms with E-state index in [1.54, 1.807) is 6.26 Å². The Balaban J connectivity index is 2.24. The second-order valence-corrected chi connectivity index (χ2v) is 3.09. The van der Waals surface area contributed by atoms with E-state index < -0.39 is 0 Å². The number of nitrogens with one attached hydrogen (secondary N) is 1. The highest BCUT2D eigenvalue weighted by Crippen LogP contribution is 2.21. The highest BCUT2D eigenvalue weighted by atomic mass is 16.3. The van der Waals surface area contributed by atoms with Crippen molar-refractivity contribution in [3.63, 3.8) is 0 Å². The van der Waals surface area contributed by atoms with Gasteiger partial charge >= 0.3 is 0 Å². The number of aromatic nitrogens is 2. The molecule has 1 aromatic carbocycles. The molecule has 1 N–H and O–H groups in total. The van der Waals surface area contributed by atoms with E-state index in [0.717, 1.165) is 16.9 Å². The molecule has 67 valence electrons. The number of oxazole rings is 1. The van der Waals surface area contributed by atoms with Crippen molar-refractivity contribution in [1.82, 2.24) is 9.97 Å². The number of benzene rings is 1. The smallest absolute Gasteiger partial charge is 0.284 e. The lowest BCUT2D eigenvalue weighted by Crippen LogP contribution is -1.74. The molecular formula is C11H7N2O. The fourth-order valence-electron chi connectivity index (χ4n) is 1.52. The average Bonchev–Trinajstić information content (AvgIpc) is 2.86. The number of rotatable bonds is 1. The monoisotopic (exact) mass is 183 g/mol. The molecule has 0 aliphatic carbocycles. The molecule has 0 unspecified atom stereocenters. The van der Waals surface area contributed by atoms with Crippen LogP contribution in [0.1, 0.15) is 0 Å². The summed E-state index contributed by atoms with van der Waals surface area (Å²) in [6.07, 6.45) is 4.00. The van der Waals surface area contributed by atoms with Crippen LogP contribution in [-0.2, 0) is 0 Å². The number of fused-ring (bicyclic) bond motifs is 1. The van der Waals surface area contributed by atoms with Gasteiger partial charge in [-0.05, 0) is 12.1 Å². The summed E-state index contributed by atoms with van der Waals surface area (Å²) in [5.74, 6) is 0. The van der Waals surface area contributed by atoms with Crippen LogP contribution in [-0.4, -0.2) is 9.97 Å². The standard InChI is InChI=1S/C11H7N2O/c1-2-4-9-8(3-1)5-10(13-9)11-6-14-7-12-11/h1-6,13H. The van der Waals surface area contributed by atoms with Crippen LogP contribution in [0.15, 0.2) is 41.0 Å². The highest BCUT2D eigenvalue weighted by molar-refractivity contribution is 5.84. The zero-order valence-corrected chi connectivity index (χ0v) is 7.32. The number of para-hydroxylation sites is 1. The molecule has 0 saturated carbocycles. The predicted molar refractivity (Wildman–Crippen MR) is 52.6 cm³/mol. The lowest BCUT2D eigenvalue weighted by Gasteiger charge is -1.86. The summed E-state index contributed by atoms with van der Waals surface area (Å²) < 4.78 is 4.81. The van der Waals surface area contributed by atoms with E-state index in [1.165, 1.54) is 5.39 Å². The minimum atomic E-state index is 0.779. The normalized spacial score (nSPS) is 10.9. The first-order chi connectivity index (χ1) is 6.93. The van der Waals surface area contributed by atoms with Crippen molar-refractivity contribution in [1.29, 1.82) is 0 Å². The van der Waals surface area contributed by atoms with Crippen molar-refractivity contribution < 1.29 is 4.42 Å². The van der Waals surface area contributed by atoms with E-state index in [4.69, 9.17) is 4.42 Å². The van der Waals surface area contributed by atoms with Gasteiger partial charge in [0.25, 0.3) is 6.39 Å². The Labute approximate surface area is 80.4 Å². The Bertz CT molecular complexity index is 518. The molecule has 0 aliphatic rings. The molecule has 0 atom stereocenters. The van der Waals surface area contributed by atoms with E-state index in [9.17, 15) is 0 Å². The number of nitrogens with zero attached hydrogens (tertiary/aromatic N) is 1. The maximum Gasteiger partial charge on any atom is 0.284 e. The van der Waals surface area contributed by atoms with Gasteiger partial charge in [-0.3, -0.25) is 0 Å². The lowest BCUT2D eigenvalue weighted by molar-refractivity contribution is 0.548. The van der Waals surface area contributed by atoms with Crippen molar-refractivity contribution in [3.05, 3.63) is 43.0 Å². The molecule has 0 aliphatic heterocycles. The van der Waals surface area contributed by atoms with Crippen LogP contribution in [0.4, 0.5) is 0 Å². The number of hydrogen-bond donors (Lipinski definition) is 1. The predicted octanol–water partition coefficient (Wildman–Crippen LogP) is 2.62. The zero-order valence-electron chi connectivity index (χ0n) is 7.32. The summed E-state index contributed by atoms with van der Waals surface area (Å²) in [4.78, 5) is 7.21. The molecule has 0 bridgehead atoms. The Hall–Kier alpha value is -2.03. The zero-order chi connectivity index (χ0) is 9.38. The minimum absolute atomic E-state index is 0.779. The molecule has 3 rings (SSSR count). The van der Waals surface area contributed by atoms with Gasteiger partial charge in [0.15, 0.2) is 0 Å². The van der Waals surface area contributed by atoms with E-state index >= 15 is 0 Å². The first kappa shape index (κ1) is 7.38. The van der Waals surface area contributed by atoms with Crippen LogP contribution in [0.25, 0.3) is 22.3 Å². The largest absolute Gasteiger partial charge is 0.440 e. The van der Waals surface area contributed by atoms with Gasteiger partial charge in [0.05, 0.1) is 5.69 Å². The molecular weight excluding hydrogens is 176 g/mol. The average molecular weight is 183 g/mol. The molecule has 2 heterocycles. The number of aromatic amines is 1.